The average molecular weight is 508 g/mol. The lowest BCUT2D eigenvalue weighted by molar-refractivity contribution is -0.274. The molecule has 2 aromatic rings. The van der Waals surface area contributed by atoms with Crippen molar-refractivity contribution in [1.29, 1.82) is 0 Å². The third-order valence-electron chi connectivity index (χ3n) is 4.05. The minimum Gasteiger partial charge on any atom is -0.405 e. The summed E-state index contributed by atoms with van der Waals surface area (Å²) in [5.41, 5.74) is 6.33. The van der Waals surface area contributed by atoms with E-state index in [2.05, 4.69) is 19.7 Å². The predicted molar refractivity (Wildman–Crippen MR) is 110 cm³/mol. The van der Waals surface area contributed by atoms with Crippen LogP contribution < -0.4 is 15.4 Å². The largest absolute Gasteiger partial charge is 0.573 e. The van der Waals surface area contributed by atoms with Crippen molar-refractivity contribution in [1.82, 2.24) is 14.9 Å². The van der Waals surface area contributed by atoms with Crippen molar-refractivity contribution in [3.05, 3.63) is 48.3 Å². The molecule has 28 heavy (non-hydrogen) atoms. The number of benzene rings is 1. The Hall–Kier alpha value is -2.31. The molecule has 0 aliphatic carbocycles. The zero-order valence-electron chi connectivity index (χ0n) is 14.8. The lowest BCUT2D eigenvalue weighted by Gasteiger charge is -2.35. The molecule has 2 N–H and O–H groups in total. The van der Waals surface area contributed by atoms with E-state index in [1.54, 1.807) is 24.5 Å². The SMILES string of the molecule is I.NC(=NCc1ccccc1OC(F)(F)F)N1CCN(c2ncccn2)CC1. The maximum Gasteiger partial charge on any atom is 0.573 e. The van der Waals surface area contributed by atoms with E-state index in [4.69, 9.17) is 5.73 Å². The highest BCUT2D eigenvalue weighted by atomic mass is 127. The fraction of sp³-hybridized carbons (Fsp3) is 0.353. The van der Waals surface area contributed by atoms with Crippen LogP contribution in [-0.4, -0.2) is 53.4 Å². The summed E-state index contributed by atoms with van der Waals surface area (Å²) in [5.74, 6) is 0.670. The second kappa shape index (κ2) is 9.75. The maximum atomic E-state index is 12.5. The van der Waals surface area contributed by atoms with Crippen LogP contribution >= 0.6 is 24.0 Å². The van der Waals surface area contributed by atoms with E-state index in [0.717, 1.165) is 0 Å². The number of halogens is 4. The molecule has 2 heterocycles. The Morgan fingerprint density at radius 3 is 2.36 bits per heavy atom. The molecule has 1 aliphatic heterocycles. The molecule has 1 aromatic carbocycles. The summed E-state index contributed by atoms with van der Waals surface area (Å²) in [7, 11) is 0. The van der Waals surface area contributed by atoms with Gasteiger partial charge in [0.15, 0.2) is 5.96 Å². The molecular formula is C17H20F3IN6O. The monoisotopic (exact) mass is 508 g/mol. The molecule has 0 saturated carbocycles. The molecule has 3 rings (SSSR count). The van der Waals surface area contributed by atoms with Gasteiger partial charge in [-0.3, -0.25) is 0 Å². The Labute approximate surface area is 177 Å². The third-order valence-corrected chi connectivity index (χ3v) is 4.05. The van der Waals surface area contributed by atoms with Crippen LogP contribution in [0.1, 0.15) is 5.56 Å². The van der Waals surface area contributed by atoms with Crippen LogP contribution in [0, 0.1) is 0 Å². The number of rotatable bonds is 4. The second-order valence-corrected chi connectivity index (χ2v) is 5.85. The second-order valence-electron chi connectivity index (χ2n) is 5.85. The van der Waals surface area contributed by atoms with Crippen LogP contribution in [0.15, 0.2) is 47.7 Å². The van der Waals surface area contributed by atoms with Gasteiger partial charge in [-0.05, 0) is 12.1 Å². The van der Waals surface area contributed by atoms with Gasteiger partial charge in [0.05, 0.1) is 6.54 Å². The van der Waals surface area contributed by atoms with Gasteiger partial charge in [0.1, 0.15) is 5.75 Å². The minimum atomic E-state index is -4.75. The van der Waals surface area contributed by atoms with Gasteiger partial charge in [0.2, 0.25) is 5.95 Å². The van der Waals surface area contributed by atoms with Gasteiger partial charge in [0, 0.05) is 44.1 Å². The lowest BCUT2D eigenvalue weighted by Crippen LogP contribution is -2.51. The van der Waals surface area contributed by atoms with E-state index < -0.39 is 6.36 Å². The first-order valence-electron chi connectivity index (χ1n) is 8.33. The molecule has 0 radical (unpaired) electrons. The summed E-state index contributed by atoms with van der Waals surface area (Å²) in [4.78, 5) is 16.6. The summed E-state index contributed by atoms with van der Waals surface area (Å²) in [6, 6.07) is 7.64. The highest BCUT2D eigenvalue weighted by Gasteiger charge is 2.32. The van der Waals surface area contributed by atoms with Crippen LogP contribution in [0.25, 0.3) is 0 Å². The molecule has 0 spiro atoms. The number of aromatic nitrogens is 2. The number of ether oxygens (including phenoxy) is 1. The number of anilines is 1. The fourth-order valence-corrected chi connectivity index (χ4v) is 2.71. The summed E-state index contributed by atoms with van der Waals surface area (Å²) in [6.07, 6.45) is -1.38. The van der Waals surface area contributed by atoms with Crippen LogP contribution in [0.4, 0.5) is 19.1 Å². The highest BCUT2D eigenvalue weighted by Crippen LogP contribution is 2.26. The minimum absolute atomic E-state index is 0. The molecule has 11 heteroatoms. The zero-order valence-corrected chi connectivity index (χ0v) is 17.2. The molecule has 0 atom stereocenters. The summed E-state index contributed by atoms with van der Waals surface area (Å²) < 4.78 is 41.5. The molecule has 152 valence electrons. The molecule has 1 aliphatic rings. The average Bonchev–Trinajstić information content (AvgIpc) is 2.67. The predicted octanol–water partition coefficient (Wildman–Crippen LogP) is 2.63. The van der Waals surface area contributed by atoms with E-state index in [1.165, 1.54) is 18.2 Å². The van der Waals surface area contributed by atoms with E-state index in [9.17, 15) is 13.2 Å². The molecular weight excluding hydrogens is 488 g/mol. The molecule has 0 amide bonds. The van der Waals surface area contributed by atoms with Gasteiger partial charge in [-0.25, -0.2) is 15.0 Å². The molecule has 1 saturated heterocycles. The van der Waals surface area contributed by atoms with Gasteiger partial charge < -0.3 is 20.3 Å². The van der Waals surface area contributed by atoms with Gasteiger partial charge in [0.25, 0.3) is 0 Å². The fourth-order valence-electron chi connectivity index (χ4n) is 2.71. The molecule has 0 bridgehead atoms. The smallest absolute Gasteiger partial charge is 0.405 e. The standard InChI is InChI=1S/C17H19F3N6O.HI/c18-17(19,20)27-14-5-2-1-4-13(14)12-24-15(21)25-8-10-26(11-9-25)16-22-6-3-7-23-16;/h1-7H,8-12H2,(H2,21,24);1H. The summed E-state index contributed by atoms with van der Waals surface area (Å²) >= 11 is 0. The number of nitrogens with two attached hydrogens (primary N) is 1. The maximum absolute atomic E-state index is 12.5. The van der Waals surface area contributed by atoms with Crippen molar-refractivity contribution in [2.24, 2.45) is 10.7 Å². The van der Waals surface area contributed by atoms with Crippen molar-refractivity contribution >= 4 is 35.9 Å². The molecule has 1 fully saturated rings. The van der Waals surface area contributed by atoms with Crippen LogP contribution in [0.3, 0.4) is 0 Å². The number of alkyl halides is 3. The van der Waals surface area contributed by atoms with Gasteiger partial charge >= 0.3 is 6.36 Å². The number of aliphatic imine (C=N–C) groups is 1. The van der Waals surface area contributed by atoms with E-state index in [0.29, 0.717) is 37.7 Å². The molecule has 0 unspecified atom stereocenters. The Morgan fingerprint density at radius 1 is 1.07 bits per heavy atom. The quantitative estimate of drug-likeness (QED) is 0.389. The van der Waals surface area contributed by atoms with Crippen molar-refractivity contribution in [2.75, 3.05) is 31.1 Å². The first-order chi connectivity index (χ1) is 12.9. The van der Waals surface area contributed by atoms with Crippen LogP contribution in [0.2, 0.25) is 0 Å². The number of guanidine groups is 1. The molecule has 7 nitrogen and oxygen atoms in total. The van der Waals surface area contributed by atoms with Crippen LogP contribution in [-0.2, 0) is 6.54 Å². The topological polar surface area (TPSA) is 79.9 Å². The van der Waals surface area contributed by atoms with E-state index in [1.807, 2.05) is 9.80 Å². The number of hydrogen-bond acceptors (Lipinski definition) is 5. The number of nitrogens with zero attached hydrogens (tertiary/aromatic N) is 5. The van der Waals surface area contributed by atoms with Gasteiger partial charge in [-0.15, -0.1) is 37.1 Å². The first-order valence-corrected chi connectivity index (χ1v) is 8.33. The van der Waals surface area contributed by atoms with Gasteiger partial charge in [-0.1, -0.05) is 18.2 Å². The van der Waals surface area contributed by atoms with E-state index in [-0.39, 0.29) is 42.2 Å². The van der Waals surface area contributed by atoms with Crippen molar-refractivity contribution < 1.29 is 17.9 Å². The van der Waals surface area contributed by atoms with Crippen molar-refractivity contribution in [3.63, 3.8) is 0 Å². The Morgan fingerprint density at radius 2 is 1.71 bits per heavy atom. The Bertz CT molecular complexity index is 782. The summed E-state index contributed by atoms with van der Waals surface area (Å²) in [6.45, 7) is 2.59. The Kier molecular flexibility index (Phi) is 7.66. The lowest BCUT2D eigenvalue weighted by atomic mass is 10.2. The van der Waals surface area contributed by atoms with Gasteiger partial charge in [-0.2, -0.15) is 0 Å². The number of para-hydroxylation sites is 1. The first kappa shape index (κ1) is 22.0. The Balaban J connectivity index is 0.00000280. The van der Waals surface area contributed by atoms with E-state index >= 15 is 0 Å². The van der Waals surface area contributed by atoms with Crippen LogP contribution in [0.5, 0.6) is 5.75 Å². The number of hydrogen-bond donors (Lipinski definition) is 1. The summed E-state index contributed by atoms with van der Waals surface area (Å²) in [5, 5.41) is 0. The third kappa shape index (κ3) is 6.11. The molecule has 1 aromatic heterocycles. The van der Waals surface area contributed by atoms with Crippen molar-refractivity contribution in [2.45, 2.75) is 12.9 Å². The highest BCUT2D eigenvalue weighted by molar-refractivity contribution is 14.0. The van der Waals surface area contributed by atoms with Crippen molar-refractivity contribution in [3.8, 4) is 5.75 Å². The zero-order chi connectivity index (χ0) is 19.3. The normalized spacial score (nSPS) is 15.2. The number of piperazine rings is 1.